The maximum atomic E-state index is 5.87. The van der Waals surface area contributed by atoms with Gasteiger partial charge in [0, 0.05) is 5.88 Å². The number of hydrogen-bond acceptors (Lipinski definition) is 0. The Morgan fingerprint density at radius 2 is 0.950 bits per heavy atom. The normalized spacial score (nSPS) is 35.1. The number of hydrogen-bond donors (Lipinski definition) is 0. The third-order valence-electron chi connectivity index (χ3n) is 6.13. The second kappa shape index (κ2) is 9.34. The second-order valence-electron chi connectivity index (χ2n) is 7.62. The van der Waals surface area contributed by atoms with Crippen LogP contribution in [0.5, 0.6) is 0 Å². The highest BCUT2D eigenvalue weighted by molar-refractivity contribution is 6.17. The molecule has 2 aliphatic rings. The van der Waals surface area contributed by atoms with E-state index in [2.05, 4.69) is 6.92 Å². The number of halogens is 1. The van der Waals surface area contributed by atoms with Crippen LogP contribution in [0.3, 0.4) is 0 Å². The average Bonchev–Trinajstić information content (AvgIpc) is 2.49. The lowest BCUT2D eigenvalue weighted by molar-refractivity contribution is 0.211. The van der Waals surface area contributed by atoms with Crippen LogP contribution in [0.4, 0.5) is 0 Å². The maximum absolute atomic E-state index is 5.87. The van der Waals surface area contributed by atoms with Crippen molar-refractivity contribution in [3.63, 3.8) is 0 Å². The molecule has 0 aromatic heterocycles. The van der Waals surface area contributed by atoms with Crippen LogP contribution in [0, 0.1) is 23.7 Å². The molecule has 2 saturated carbocycles. The molecule has 0 nitrogen and oxygen atoms in total. The summed E-state index contributed by atoms with van der Waals surface area (Å²) in [4.78, 5) is 0. The Morgan fingerprint density at radius 3 is 1.30 bits per heavy atom. The van der Waals surface area contributed by atoms with Gasteiger partial charge in [0.05, 0.1) is 0 Å². The smallest absolute Gasteiger partial charge is 0.0226 e. The van der Waals surface area contributed by atoms with Crippen molar-refractivity contribution in [1.82, 2.24) is 0 Å². The Morgan fingerprint density at radius 1 is 0.600 bits per heavy atom. The summed E-state index contributed by atoms with van der Waals surface area (Å²) in [5, 5.41) is 0. The highest BCUT2D eigenvalue weighted by Crippen LogP contribution is 2.38. The molecule has 0 N–H and O–H groups in total. The standard InChI is InChI=1S/C19H35Cl/c1-2-3-16-4-6-17(7-5-16)8-9-18-10-12-19(13-11-18)14-15-20/h16-19H,2-15H2,1H3/t16-,17-,18-,19-. The first-order chi connectivity index (χ1) is 9.81. The molecule has 0 atom stereocenters. The Kier molecular flexibility index (Phi) is 7.78. The molecule has 0 heterocycles. The Bertz CT molecular complexity index is 208. The zero-order chi connectivity index (χ0) is 14.2. The fourth-order valence-corrected chi connectivity index (χ4v) is 4.96. The molecule has 2 aliphatic carbocycles. The van der Waals surface area contributed by atoms with Gasteiger partial charge in [-0.15, -0.1) is 11.6 Å². The van der Waals surface area contributed by atoms with Gasteiger partial charge < -0.3 is 0 Å². The van der Waals surface area contributed by atoms with E-state index in [1.807, 2.05) is 0 Å². The van der Waals surface area contributed by atoms with E-state index in [1.165, 1.54) is 83.5 Å². The van der Waals surface area contributed by atoms with E-state index in [-0.39, 0.29) is 0 Å². The maximum Gasteiger partial charge on any atom is 0.0226 e. The van der Waals surface area contributed by atoms with E-state index in [0.717, 1.165) is 29.6 Å². The largest absolute Gasteiger partial charge is 0.127 e. The monoisotopic (exact) mass is 298 g/mol. The molecular weight excluding hydrogens is 264 g/mol. The van der Waals surface area contributed by atoms with Crippen LogP contribution < -0.4 is 0 Å². The van der Waals surface area contributed by atoms with Gasteiger partial charge in [0.2, 0.25) is 0 Å². The molecule has 1 heteroatoms. The van der Waals surface area contributed by atoms with Crippen LogP contribution in [0.25, 0.3) is 0 Å². The Balaban J connectivity index is 1.55. The molecule has 0 radical (unpaired) electrons. The molecule has 20 heavy (non-hydrogen) atoms. The summed E-state index contributed by atoms with van der Waals surface area (Å²) in [5.41, 5.74) is 0. The zero-order valence-corrected chi connectivity index (χ0v) is 14.3. The van der Waals surface area contributed by atoms with Gasteiger partial charge in [0.15, 0.2) is 0 Å². The molecule has 118 valence electrons. The van der Waals surface area contributed by atoms with Crippen molar-refractivity contribution < 1.29 is 0 Å². The molecule has 2 fully saturated rings. The van der Waals surface area contributed by atoms with Gasteiger partial charge in [-0.05, 0) is 30.1 Å². The van der Waals surface area contributed by atoms with Crippen LogP contribution in [0.15, 0.2) is 0 Å². The topological polar surface area (TPSA) is 0 Å². The van der Waals surface area contributed by atoms with Crippen molar-refractivity contribution in [3.8, 4) is 0 Å². The van der Waals surface area contributed by atoms with Gasteiger partial charge in [0.25, 0.3) is 0 Å². The minimum absolute atomic E-state index is 0.871. The molecule has 0 aromatic carbocycles. The van der Waals surface area contributed by atoms with Crippen LogP contribution in [-0.4, -0.2) is 5.88 Å². The van der Waals surface area contributed by atoms with Gasteiger partial charge in [-0.1, -0.05) is 84.0 Å². The Hall–Kier alpha value is 0.290. The van der Waals surface area contributed by atoms with E-state index in [4.69, 9.17) is 11.6 Å². The van der Waals surface area contributed by atoms with Crippen LogP contribution >= 0.6 is 11.6 Å². The summed E-state index contributed by atoms with van der Waals surface area (Å²) in [7, 11) is 0. The predicted molar refractivity (Wildman–Crippen MR) is 90.4 cm³/mol. The highest BCUT2D eigenvalue weighted by Gasteiger charge is 2.24. The van der Waals surface area contributed by atoms with Crippen molar-refractivity contribution in [1.29, 1.82) is 0 Å². The van der Waals surface area contributed by atoms with Crippen molar-refractivity contribution >= 4 is 11.6 Å². The van der Waals surface area contributed by atoms with Crippen molar-refractivity contribution in [2.75, 3.05) is 5.88 Å². The molecule has 0 amide bonds. The molecular formula is C19H35Cl. The van der Waals surface area contributed by atoms with Gasteiger partial charge in [-0.25, -0.2) is 0 Å². The van der Waals surface area contributed by atoms with E-state index in [0.29, 0.717) is 0 Å². The number of alkyl halides is 1. The molecule has 0 bridgehead atoms. The lowest BCUT2D eigenvalue weighted by Gasteiger charge is -2.31. The first kappa shape index (κ1) is 16.7. The molecule has 0 saturated heterocycles. The quantitative estimate of drug-likeness (QED) is 0.453. The fourth-order valence-electron chi connectivity index (χ4n) is 4.65. The minimum atomic E-state index is 0.871. The van der Waals surface area contributed by atoms with E-state index >= 15 is 0 Å². The lowest BCUT2D eigenvalue weighted by atomic mass is 9.74. The zero-order valence-electron chi connectivity index (χ0n) is 13.6. The summed E-state index contributed by atoms with van der Waals surface area (Å²) < 4.78 is 0. The highest BCUT2D eigenvalue weighted by atomic mass is 35.5. The fraction of sp³-hybridized carbons (Fsp3) is 1.00. The molecule has 0 aliphatic heterocycles. The van der Waals surface area contributed by atoms with Gasteiger partial charge in [0.1, 0.15) is 0 Å². The van der Waals surface area contributed by atoms with E-state index < -0.39 is 0 Å². The molecule has 0 spiro atoms. The summed E-state index contributed by atoms with van der Waals surface area (Å²) in [6.45, 7) is 2.34. The van der Waals surface area contributed by atoms with Crippen LogP contribution in [0.1, 0.15) is 90.4 Å². The SMILES string of the molecule is CCC[C@H]1CC[C@H](CC[C@H]2CC[C@H](CCCl)CC2)CC1. The second-order valence-corrected chi connectivity index (χ2v) is 8.00. The molecule has 0 unspecified atom stereocenters. The number of rotatable bonds is 7. The van der Waals surface area contributed by atoms with Gasteiger partial charge >= 0.3 is 0 Å². The van der Waals surface area contributed by atoms with Crippen molar-refractivity contribution in [3.05, 3.63) is 0 Å². The van der Waals surface area contributed by atoms with Crippen molar-refractivity contribution in [2.24, 2.45) is 23.7 Å². The summed E-state index contributed by atoms with van der Waals surface area (Å²) in [6, 6.07) is 0. The van der Waals surface area contributed by atoms with E-state index in [9.17, 15) is 0 Å². The van der Waals surface area contributed by atoms with Gasteiger partial charge in [-0.3, -0.25) is 0 Å². The van der Waals surface area contributed by atoms with Crippen molar-refractivity contribution in [2.45, 2.75) is 90.4 Å². The third-order valence-corrected chi connectivity index (χ3v) is 6.35. The average molecular weight is 299 g/mol. The summed E-state index contributed by atoms with van der Waals surface area (Å²) in [6.07, 6.45) is 19.2. The lowest BCUT2D eigenvalue weighted by Crippen LogP contribution is -2.18. The van der Waals surface area contributed by atoms with Gasteiger partial charge in [-0.2, -0.15) is 0 Å². The van der Waals surface area contributed by atoms with Crippen LogP contribution in [-0.2, 0) is 0 Å². The first-order valence-corrected chi connectivity index (χ1v) is 9.91. The molecule has 0 aromatic rings. The minimum Gasteiger partial charge on any atom is -0.127 e. The molecule has 2 rings (SSSR count). The summed E-state index contributed by atoms with van der Waals surface area (Å²) in [5.74, 6) is 5.02. The summed E-state index contributed by atoms with van der Waals surface area (Å²) >= 11 is 5.87. The van der Waals surface area contributed by atoms with Crippen LogP contribution in [0.2, 0.25) is 0 Å². The first-order valence-electron chi connectivity index (χ1n) is 9.37. The van der Waals surface area contributed by atoms with E-state index in [1.54, 1.807) is 0 Å². The Labute approximate surface area is 132 Å². The predicted octanol–water partition coefficient (Wildman–Crippen LogP) is 6.81. The third kappa shape index (κ3) is 5.58.